The van der Waals surface area contributed by atoms with Crippen LogP contribution in [-0.2, 0) is 0 Å². The Kier molecular flexibility index (Phi) is 3.58. The standard InChI is InChI=1S/C14H10Br2N4/c15-8-1-3-13(11(16)5-8)20-14-10-6-9(17)2-4-12(10)18-7-19-14/h1-7H,17H2,(H,18,19,20). The van der Waals surface area contributed by atoms with Crippen LogP contribution in [0.5, 0.6) is 0 Å². The van der Waals surface area contributed by atoms with Crippen molar-refractivity contribution in [2.75, 3.05) is 11.1 Å². The van der Waals surface area contributed by atoms with E-state index in [1.54, 1.807) is 0 Å². The number of rotatable bonds is 2. The maximum absolute atomic E-state index is 5.84. The van der Waals surface area contributed by atoms with Crippen molar-refractivity contribution in [1.29, 1.82) is 0 Å². The molecule has 0 saturated carbocycles. The van der Waals surface area contributed by atoms with Gasteiger partial charge < -0.3 is 11.1 Å². The summed E-state index contributed by atoms with van der Waals surface area (Å²) in [5, 5.41) is 4.19. The summed E-state index contributed by atoms with van der Waals surface area (Å²) in [7, 11) is 0. The maximum Gasteiger partial charge on any atom is 0.141 e. The van der Waals surface area contributed by atoms with E-state index in [4.69, 9.17) is 5.73 Å². The Morgan fingerprint density at radius 2 is 1.85 bits per heavy atom. The number of fused-ring (bicyclic) bond motifs is 1. The number of benzene rings is 2. The van der Waals surface area contributed by atoms with Crippen molar-refractivity contribution in [3.05, 3.63) is 51.7 Å². The normalized spacial score (nSPS) is 10.7. The Morgan fingerprint density at radius 3 is 2.65 bits per heavy atom. The van der Waals surface area contributed by atoms with Gasteiger partial charge in [-0.2, -0.15) is 0 Å². The Hall–Kier alpha value is -1.66. The number of anilines is 3. The van der Waals surface area contributed by atoms with Crippen LogP contribution in [-0.4, -0.2) is 9.97 Å². The van der Waals surface area contributed by atoms with Crippen molar-refractivity contribution in [3.8, 4) is 0 Å². The predicted molar refractivity (Wildman–Crippen MR) is 89.1 cm³/mol. The Labute approximate surface area is 132 Å². The van der Waals surface area contributed by atoms with Crippen LogP contribution in [0.15, 0.2) is 51.7 Å². The van der Waals surface area contributed by atoms with Crippen LogP contribution in [0.4, 0.5) is 17.2 Å². The van der Waals surface area contributed by atoms with Gasteiger partial charge in [-0.05, 0) is 52.3 Å². The van der Waals surface area contributed by atoms with Gasteiger partial charge >= 0.3 is 0 Å². The number of nitrogens with two attached hydrogens (primary N) is 1. The van der Waals surface area contributed by atoms with Gasteiger partial charge in [0.05, 0.1) is 11.2 Å². The third-order valence-corrected chi connectivity index (χ3v) is 3.99. The molecule has 0 amide bonds. The molecule has 3 N–H and O–H groups in total. The van der Waals surface area contributed by atoms with Gasteiger partial charge in [0, 0.05) is 20.0 Å². The Morgan fingerprint density at radius 1 is 1.00 bits per heavy atom. The van der Waals surface area contributed by atoms with Crippen molar-refractivity contribution >= 4 is 60.0 Å². The van der Waals surface area contributed by atoms with Crippen LogP contribution in [0.1, 0.15) is 0 Å². The first-order chi connectivity index (χ1) is 9.63. The lowest BCUT2D eigenvalue weighted by molar-refractivity contribution is 1.22. The van der Waals surface area contributed by atoms with Crippen molar-refractivity contribution in [3.63, 3.8) is 0 Å². The fraction of sp³-hybridized carbons (Fsp3) is 0. The van der Waals surface area contributed by atoms with Crippen molar-refractivity contribution in [2.45, 2.75) is 0 Å². The highest BCUT2D eigenvalue weighted by molar-refractivity contribution is 9.11. The molecule has 2 aromatic carbocycles. The zero-order valence-corrected chi connectivity index (χ0v) is 13.4. The molecule has 0 bridgehead atoms. The van der Waals surface area contributed by atoms with Crippen LogP contribution in [0.2, 0.25) is 0 Å². The monoisotopic (exact) mass is 392 g/mol. The summed E-state index contributed by atoms with van der Waals surface area (Å²) in [5.41, 5.74) is 8.30. The first-order valence-corrected chi connectivity index (χ1v) is 7.44. The minimum atomic E-state index is 0.685. The number of nitrogen functional groups attached to an aromatic ring is 1. The van der Waals surface area contributed by atoms with Gasteiger partial charge in [-0.15, -0.1) is 0 Å². The molecule has 1 heterocycles. The molecule has 20 heavy (non-hydrogen) atoms. The molecule has 0 saturated heterocycles. The molecule has 4 nitrogen and oxygen atoms in total. The molecule has 0 aliphatic carbocycles. The number of aromatic nitrogens is 2. The van der Waals surface area contributed by atoms with E-state index in [1.165, 1.54) is 6.33 Å². The SMILES string of the molecule is Nc1ccc2ncnc(Nc3ccc(Br)cc3Br)c2c1. The van der Waals surface area contributed by atoms with Crippen molar-refractivity contribution < 1.29 is 0 Å². The molecular weight excluding hydrogens is 384 g/mol. The zero-order chi connectivity index (χ0) is 14.1. The van der Waals surface area contributed by atoms with Gasteiger partial charge in [0.2, 0.25) is 0 Å². The number of nitrogens with zero attached hydrogens (tertiary/aromatic N) is 2. The molecule has 6 heteroatoms. The third-order valence-electron chi connectivity index (χ3n) is 2.84. The zero-order valence-electron chi connectivity index (χ0n) is 10.3. The summed E-state index contributed by atoms with van der Waals surface area (Å²) in [4.78, 5) is 8.53. The van der Waals surface area contributed by atoms with Crippen LogP contribution >= 0.6 is 31.9 Å². The lowest BCUT2D eigenvalue weighted by Crippen LogP contribution is -1.97. The van der Waals surface area contributed by atoms with Gasteiger partial charge in [-0.25, -0.2) is 9.97 Å². The average Bonchev–Trinajstić information content (AvgIpc) is 2.42. The highest BCUT2D eigenvalue weighted by Gasteiger charge is 2.07. The fourth-order valence-corrected chi connectivity index (χ4v) is 3.04. The predicted octanol–water partition coefficient (Wildman–Crippen LogP) is 4.48. The molecule has 0 atom stereocenters. The molecule has 0 aliphatic heterocycles. The van der Waals surface area contributed by atoms with Crippen molar-refractivity contribution in [2.24, 2.45) is 0 Å². The summed E-state index contributed by atoms with van der Waals surface area (Å²) in [5.74, 6) is 0.727. The smallest absolute Gasteiger partial charge is 0.141 e. The number of hydrogen-bond acceptors (Lipinski definition) is 4. The van der Waals surface area contributed by atoms with E-state index < -0.39 is 0 Å². The largest absolute Gasteiger partial charge is 0.399 e. The van der Waals surface area contributed by atoms with Gasteiger partial charge in [0.25, 0.3) is 0 Å². The molecule has 0 radical (unpaired) electrons. The summed E-state index contributed by atoms with van der Waals surface area (Å²) >= 11 is 6.95. The first kappa shape index (κ1) is 13.3. The first-order valence-electron chi connectivity index (χ1n) is 5.86. The summed E-state index contributed by atoms with van der Waals surface area (Å²) < 4.78 is 1.95. The average molecular weight is 394 g/mol. The Bertz CT molecular complexity index is 789. The van der Waals surface area contributed by atoms with Crippen molar-refractivity contribution in [1.82, 2.24) is 9.97 Å². The van der Waals surface area contributed by atoms with Gasteiger partial charge in [0.15, 0.2) is 0 Å². The van der Waals surface area contributed by atoms with E-state index in [2.05, 4.69) is 47.1 Å². The second-order valence-electron chi connectivity index (χ2n) is 4.25. The second-order valence-corrected chi connectivity index (χ2v) is 6.02. The van der Waals surface area contributed by atoms with Gasteiger partial charge in [-0.3, -0.25) is 0 Å². The molecule has 0 unspecified atom stereocenters. The summed E-state index contributed by atoms with van der Waals surface area (Å²) in [6.45, 7) is 0. The van der Waals surface area contributed by atoms with Crippen LogP contribution in [0, 0.1) is 0 Å². The third kappa shape index (κ3) is 2.62. The second kappa shape index (κ2) is 5.38. The minimum absolute atomic E-state index is 0.685. The molecule has 0 aliphatic rings. The fourth-order valence-electron chi connectivity index (χ4n) is 1.89. The van der Waals surface area contributed by atoms with E-state index in [1.807, 2.05) is 36.4 Å². The van der Waals surface area contributed by atoms with E-state index in [9.17, 15) is 0 Å². The quantitative estimate of drug-likeness (QED) is 0.630. The molecule has 100 valence electrons. The number of nitrogens with one attached hydrogen (secondary N) is 1. The number of halogens is 2. The molecular formula is C14H10Br2N4. The molecule has 1 aromatic heterocycles. The van der Waals surface area contributed by atoms with Crippen LogP contribution in [0.25, 0.3) is 10.9 Å². The summed E-state index contributed by atoms with van der Waals surface area (Å²) in [6, 6.07) is 11.5. The molecule has 0 spiro atoms. The van der Waals surface area contributed by atoms with E-state index in [0.29, 0.717) is 5.69 Å². The maximum atomic E-state index is 5.84. The highest BCUT2D eigenvalue weighted by atomic mass is 79.9. The topological polar surface area (TPSA) is 63.8 Å². The van der Waals surface area contributed by atoms with Crippen LogP contribution in [0.3, 0.4) is 0 Å². The lowest BCUT2D eigenvalue weighted by atomic mass is 10.2. The van der Waals surface area contributed by atoms with Crippen LogP contribution < -0.4 is 11.1 Å². The number of hydrogen-bond donors (Lipinski definition) is 2. The minimum Gasteiger partial charge on any atom is -0.399 e. The highest BCUT2D eigenvalue weighted by Crippen LogP contribution is 2.30. The van der Waals surface area contributed by atoms with E-state index in [-0.39, 0.29) is 0 Å². The van der Waals surface area contributed by atoms with Gasteiger partial charge in [0.1, 0.15) is 12.1 Å². The summed E-state index contributed by atoms with van der Waals surface area (Å²) in [6.07, 6.45) is 1.54. The van der Waals surface area contributed by atoms with E-state index in [0.717, 1.165) is 31.4 Å². The molecule has 0 fully saturated rings. The molecule has 3 aromatic rings. The lowest BCUT2D eigenvalue weighted by Gasteiger charge is -2.10. The molecule has 3 rings (SSSR count). The van der Waals surface area contributed by atoms with Gasteiger partial charge in [-0.1, -0.05) is 15.9 Å². The van der Waals surface area contributed by atoms with E-state index >= 15 is 0 Å². The Balaban J connectivity index is 2.08.